The monoisotopic (exact) mass is 292 g/mol. The van der Waals surface area contributed by atoms with Crippen LogP contribution in [0.3, 0.4) is 0 Å². The SMILES string of the molecule is COc1ccc(C(=O)C2CC3CCC(C2)S3)cc1OC. The van der Waals surface area contributed by atoms with Crippen LogP contribution in [0.1, 0.15) is 36.0 Å². The van der Waals surface area contributed by atoms with Gasteiger partial charge in [-0.3, -0.25) is 4.79 Å². The van der Waals surface area contributed by atoms with Crippen LogP contribution in [0.4, 0.5) is 0 Å². The number of hydrogen-bond acceptors (Lipinski definition) is 4. The van der Waals surface area contributed by atoms with Crippen molar-refractivity contribution in [3.63, 3.8) is 0 Å². The summed E-state index contributed by atoms with van der Waals surface area (Å²) in [4.78, 5) is 12.7. The van der Waals surface area contributed by atoms with Crippen LogP contribution in [-0.2, 0) is 0 Å². The van der Waals surface area contributed by atoms with E-state index in [1.54, 1.807) is 14.2 Å². The molecule has 2 fully saturated rings. The molecule has 108 valence electrons. The molecule has 1 aromatic carbocycles. The predicted molar refractivity (Wildman–Crippen MR) is 81.0 cm³/mol. The molecule has 2 atom stereocenters. The highest BCUT2D eigenvalue weighted by Crippen LogP contribution is 2.46. The van der Waals surface area contributed by atoms with Gasteiger partial charge in [-0.1, -0.05) is 0 Å². The number of ketones is 1. The van der Waals surface area contributed by atoms with Crippen LogP contribution in [0.2, 0.25) is 0 Å². The van der Waals surface area contributed by atoms with Gasteiger partial charge >= 0.3 is 0 Å². The molecule has 2 unspecified atom stereocenters. The maximum Gasteiger partial charge on any atom is 0.166 e. The van der Waals surface area contributed by atoms with E-state index in [0.29, 0.717) is 22.0 Å². The molecule has 3 nitrogen and oxygen atoms in total. The fourth-order valence-corrected chi connectivity index (χ4v) is 5.07. The molecule has 0 spiro atoms. The molecule has 2 aliphatic rings. The summed E-state index contributed by atoms with van der Waals surface area (Å²) in [5.41, 5.74) is 0.749. The van der Waals surface area contributed by atoms with Gasteiger partial charge in [-0.05, 0) is 43.9 Å². The Bertz CT molecular complexity index is 502. The van der Waals surface area contributed by atoms with Gasteiger partial charge in [0.1, 0.15) is 0 Å². The summed E-state index contributed by atoms with van der Waals surface area (Å²) in [5, 5.41) is 1.39. The molecular weight excluding hydrogens is 272 g/mol. The number of methoxy groups -OCH3 is 2. The second-order valence-electron chi connectivity index (χ2n) is 5.56. The Kier molecular flexibility index (Phi) is 3.92. The second-order valence-corrected chi connectivity index (χ2v) is 7.17. The van der Waals surface area contributed by atoms with Crippen LogP contribution in [-0.4, -0.2) is 30.5 Å². The predicted octanol–water partition coefficient (Wildman–Crippen LogP) is 3.56. The van der Waals surface area contributed by atoms with Gasteiger partial charge in [0.2, 0.25) is 0 Å². The fourth-order valence-electron chi connectivity index (χ4n) is 3.30. The van der Waals surface area contributed by atoms with Crippen molar-refractivity contribution in [2.45, 2.75) is 36.2 Å². The van der Waals surface area contributed by atoms with Crippen molar-refractivity contribution in [3.8, 4) is 11.5 Å². The van der Waals surface area contributed by atoms with Gasteiger partial charge in [-0.15, -0.1) is 0 Å². The molecule has 0 radical (unpaired) electrons. The number of thioether (sulfide) groups is 1. The zero-order valence-electron chi connectivity index (χ0n) is 11.9. The molecule has 2 bridgehead atoms. The second kappa shape index (κ2) is 5.68. The molecule has 3 rings (SSSR count). The van der Waals surface area contributed by atoms with Crippen molar-refractivity contribution in [1.82, 2.24) is 0 Å². The quantitative estimate of drug-likeness (QED) is 0.795. The molecule has 0 N–H and O–H groups in total. The third kappa shape index (κ3) is 2.53. The van der Waals surface area contributed by atoms with Crippen molar-refractivity contribution in [1.29, 1.82) is 0 Å². The Labute approximate surface area is 124 Å². The molecule has 2 aliphatic heterocycles. The molecule has 0 aromatic heterocycles. The minimum Gasteiger partial charge on any atom is -0.493 e. The molecule has 1 aromatic rings. The highest BCUT2D eigenvalue weighted by atomic mass is 32.2. The summed E-state index contributed by atoms with van der Waals surface area (Å²) in [6.07, 6.45) is 4.64. The van der Waals surface area contributed by atoms with Crippen LogP contribution >= 0.6 is 11.8 Å². The number of rotatable bonds is 4. The topological polar surface area (TPSA) is 35.5 Å². The van der Waals surface area contributed by atoms with Gasteiger partial charge in [0, 0.05) is 22.0 Å². The number of fused-ring (bicyclic) bond motifs is 2. The maximum absolute atomic E-state index is 12.7. The number of carbonyl (C=O) groups excluding carboxylic acids is 1. The van der Waals surface area contributed by atoms with Crippen LogP contribution in [0.15, 0.2) is 18.2 Å². The Morgan fingerprint density at radius 1 is 1.10 bits per heavy atom. The third-order valence-electron chi connectivity index (χ3n) is 4.33. The Hall–Kier alpha value is -1.16. The van der Waals surface area contributed by atoms with Gasteiger partial charge in [-0.2, -0.15) is 11.8 Å². The number of hydrogen-bond donors (Lipinski definition) is 0. The van der Waals surface area contributed by atoms with Crippen LogP contribution in [0.5, 0.6) is 11.5 Å². The van der Waals surface area contributed by atoms with E-state index in [2.05, 4.69) is 11.8 Å². The van der Waals surface area contributed by atoms with Crippen molar-refractivity contribution < 1.29 is 14.3 Å². The summed E-state index contributed by atoms with van der Waals surface area (Å²) in [5.74, 6) is 1.75. The third-order valence-corrected chi connectivity index (χ3v) is 5.96. The first-order valence-corrected chi connectivity index (χ1v) is 8.07. The van der Waals surface area contributed by atoms with Crippen molar-refractivity contribution in [2.24, 2.45) is 5.92 Å². The van der Waals surface area contributed by atoms with E-state index < -0.39 is 0 Å². The summed E-state index contributed by atoms with van der Waals surface area (Å²) < 4.78 is 10.5. The molecule has 2 saturated heterocycles. The average Bonchev–Trinajstić information content (AvgIpc) is 2.84. The highest BCUT2D eigenvalue weighted by Gasteiger charge is 2.37. The molecule has 0 aliphatic carbocycles. The largest absolute Gasteiger partial charge is 0.493 e. The molecule has 2 heterocycles. The van der Waals surface area contributed by atoms with Gasteiger partial charge in [0.05, 0.1) is 14.2 Å². The van der Waals surface area contributed by atoms with Crippen molar-refractivity contribution >= 4 is 17.5 Å². The van der Waals surface area contributed by atoms with E-state index >= 15 is 0 Å². The highest BCUT2D eigenvalue weighted by molar-refractivity contribution is 8.00. The average molecular weight is 292 g/mol. The van der Waals surface area contributed by atoms with E-state index in [9.17, 15) is 4.79 Å². The molecular formula is C16H20O3S. The lowest BCUT2D eigenvalue weighted by Gasteiger charge is -2.26. The lowest BCUT2D eigenvalue weighted by molar-refractivity contribution is 0.0906. The van der Waals surface area contributed by atoms with E-state index in [1.807, 2.05) is 18.2 Å². The van der Waals surface area contributed by atoms with Crippen molar-refractivity contribution in [3.05, 3.63) is 23.8 Å². The van der Waals surface area contributed by atoms with Gasteiger partial charge in [-0.25, -0.2) is 0 Å². The summed E-state index contributed by atoms with van der Waals surface area (Å²) in [6.45, 7) is 0. The smallest absolute Gasteiger partial charge is 0.166 e. The normalized spacial score (nSPS) is 28.2. The molecule has 0 saturated carbocycles. The summed E-state index contributed by atoms with van der Waals surface area (Å²) in [7, 11) is 3.21. The number of carbonyl (C=O) groups is 1. The van der Waals surface area contributed by atoms with Crippen LogP contribution < -0.4 is 9.47 Å². The van der Waals surface area contributed by atoms with E-state index in [1.165, 1.54) is 12.8 Å². The summed E-state index contributed by atoms with van der Waals surface area (Å²) in [6, 6.07) is 5.48. The molecule has 20 heavy (non-hydrogen) atoms. The molecule has 0 amide bonds. The maximum atomic E-state index is 12.7. The lowest BCUT2D eigenvalue weighted by Crippen LogP contribution is -2.24. The molecule has 4 heteroatoms. The first kappa shape index (κ1) is 13.8. The van der Waals surface area contributed by atoms with Gasteiger partial charge < -0.3 is 9.47 Å². The minimum atomic E-state index is 0.187. The number of ether oxygens (including phenoxy) is 2. The Morgan fingerprint density at radius 2 is 1.75 bits per heavy atom. The van der Waals surface area contributed by atoms with E-state index in [-0.39, 0.29) is 11.7 Å². The van der Waals surface area contributed by atoms with Crippen molar-refractivity contribution in [2.75, 3.05) is 14.2 Å². The van der Waals surface area contributed by atoms with Gasteiger partial charge in [0.15, 0.2) is 17.3 Å². The zero-order chi connectivity index (χ0) is 14.1. The Balaban J connectivity index is 1.80. The fraction of sp³-hybridized carbons (Fsp3) is 0.562. The standard InChI is InChI=1S/C16H20O3S/c1-18-14-6-3-10(9-15(14)19-2)16(17)11-7-12-4-5-13(8-11)20-12/h3,6,9,11-13H,4-5,7-8H2,1-2H3. The van der Waals surface area contributed by atoms with Crippen LogP contribution in [0.25, 0.3) is 0 Å². The lowest BCUT2D eigenvalue weighted by atomic mass is 9.90. The first-order valence-electron chi connectivity index (χ1n) is 7.13. The summed E-state index contributed by atoms with van der Waals surface area (Å²) >= 11 is 2.09. The number of Topliss-reactive ketones (excluding diaryl/α,β-unsaturated/α-hetero) is 1. The Morgan fingerprint density at radius 3 is 2.35 bits per heavy atom. The van der Waals surface area contributed by atoms with E-state index in [4.69, 9.17) is 9.47 Å². The zero-order valence-corrected chi connectivity index (χ0v) is 12.7. The van der Waals surface area contributed by atoms with E-state index in [0.717, 1.165) is 18.4 Å². The van der Waals surface area contributed by atoms with Crippen LogP contribution in [0, 0.1) is 5.92 Å². The minimum absolute atomic E-state index is 0.187. The first-order chi connectivity index (χ1) is 9.71. The number of benzene rings is 1. The van der Waals surface area contributed by atoms with Gasteiger partial charge in [0.25, 0.3) is 0 Å².